The van der Waals surface area contributed by atoms with Crippen LogP contribution in [0.3, 0.4) is 0 Å². The van der Waals surface area contributed by atoms with Gasteiger partial charge in [-0.15, -0.1) is 0 Å². The second-order valence-corrected chi connectivity index (χ2v) is 6.89. The van der Waals surface area contributed by atoms with E-state index in [1.807, 2.05) is 0 Å². The Morgan fingerprint density at radius 1 is 1.24 bits per heavy atom. The molecule has 0 fully saturated rings. The highest BCUT2D eigenvalue weighted by Crippen LogP contribution is 2.36. The van der Waals surface area contributed by atoms with Crippen molar-refractivity contribution in [2.75, 3.05) is 18.1 Å². The number of nitrogens with zero attached hydrogens (tertiary/aromatic N) is 5. The molecule has 0 aromatic carbocycles. The molecule has 0 saturated carbocycles. The van der Waals surface area contributed by atoms with Gasteiger partial charge in [0.1, 0.15) is 5.69 Å². The minimum atomic E-state index is -3.62. The Labute approximate surface area is 164 Å². The van der Waals surface area contributed by atoms with E-state index in [0.29, 0.717) is 5.70 Å². The van der Waals surface area contributed by atoms with E-state index in [0.717, 1.165) is 29.7 Å². The van der Waals surface area contributed by atoms with Gasteiger partial charge in [-0.05, 0) is 6.07 Å². The Balaban J connectivity index is 1.82. The average Bonchev–Trinajstić information content (AvgIpc) is 2.66. The molecule has 0 aliphatic carbocycles. The summed E-state index contributed by atoms with van der Waals surface area (Å²) in [7, 11) is 1.18. The molecule has 2 aromatic heterocycles. The molecule has 1 unspecified atom stereocenters. The van der Waals surface area contributed by atoms with Gasteiger partial charge in [0.15, 0.2) is 11.6 Å². The summed E-state index contributed by atoms with van der Waals surface area (Å²) in [6, 6.07) is 1.02. The van der Waals surface area contributed by atoms with Crippen molar-refractivity contribution in [1.29, 1.82) is 0 Å². The zero-order chi connectivity index (χ0) is 21.3. The minimum absolute atomic E-state index is 0.00313. The molecule has 3 rings (SSSR count). The van der Waals surface area contributed by atoms with Crippen LogP contribution in [0.15, 0.2) is 36.1 Å². The third-order valence-corrected chi connectivity index (χ3v) is 4.46. The lowest BCUT2D eigenvalue weighted by Gasteiger charge is -2.32. The first kappa shape index (κ1) is 20.9. The van der Waals surface area contributed by atoms with E-state index in [1.54, 1.807) is 0 Å². The number of aromatic nitrogens is 3. The van der Waals surface area contributed by atoms with Crippen molar-refractivity contribution >= 4 is 21.1 Å². The lowest BCUT2D eigenvalue weighted by atomic mass is 10.1. The number of pyridine rings is 1. The van der Waals surface area contributed by atoms with Crippen LogP contribution >= 0.6 is 9.24 Å². The largest absolute Gasteiger partial charge is 0.399 e. The van der Waals surface area contributed by atoms with E-state index in [2.05, 4.69) is 15.0 Å². The zero-order valence-electron chi connectivity index (χ0n) is 14.8. The number of anilines is 1. The predicted molar refractivity (Wildman–Crippen MR) is 98.2 cm³/mol. The van der Waals surface area contributed by atoms with Gasteiger partial charge in [-0.1, -0.05) is 9.24 Å². The van der Waals surface area contributed by atoms with Gasteiger partial charge < -0.3 is 10.6 Å². The summed E-state index contributed by atoms with van der Waals surface area (Å²) in [5.41, 5.74) is 1.26. The number of halogens is 4. The number of nitrogens with two attached hydrogens (primary N) is 2. The van der Waals surface area contributed by atoms with Crippen LogP contribution < -0.4 is 16.6 Å². The molecule has 1 amide bonds. The lowest BCUT2D eigenvalue weighted by molar-refractivity contribution is 0.0750. The van der Waals surface area contributed by atoms with Crippen molar-refractivity contribution in [1.82, 2.24) is 19.9 Å². The maximum absolute atomic E-state index is 14.4. The average molecular weight is 429 g/mol. The van der Waals surface area contributed by atoms with E-state index in [4.69, 9.17) is 11.6 Å². The van der Waals surface area contributed by atoms with Crippen LogP contribution in [-0.2, 0) is 5.66 Å². The number of carbonyl (C=O) groups is 1. The van der Waals surface area contributed by atoms with Gasteiger partial charge in [-0.3, -0.25) is 9.78 Å². The van der Waals surface area contributed by atoms with Crippen LogP contribution in [0, 0.1) is 11.6 Å². The summed E-state index contributed by atoms with van der Waals surface area (Å²) in [6.45, 7) is -0.0461. The molecule has 1 aliphatic rings. The first-order chi connectivity index (χ1) is 13.6. The Morgan fingerprint density at radius 3 is 2.48 bits per heavy atom. The summed E-state index contributed by atoms with van der Waals surface area (Å²) in [5, 5.41) is 1.07. The van der Waals surface area contributed by atoms with Crippen LogP contribution in [0.25, 0.3) is 0 Å². The van der Waals surface area contributed by atoms with E-state index >= 15 is 0 Å². The number of alkyl halides is 2. The van der Waals surface area contributed by atoms with Crippen molar-refractivity contribution < 1.29 is 22.4 Å². The highest BCUT2D eigenvalue weighted by molar-refractivity contribution is 7.17. The standard InChI is InChI=1S/C16H16F4N7OP/c17-8-5-24-15(25-6-8)27(22)11-2-4-26(7-10(11)21)14(28)9-1-3-23-13(12(9)18)16(19,20)29/h1,3,5-6H,2,4,7,21-22,29H2. The Bertz CT molecular complexity index is 965. The molecule has 2 aromatic rings. The first-order valence-electron chi connectivity index (χ1n) is 8.20. The van der Waals surface area contributed by atoms with Crippen LogP contribution in [0.2, 0.25) is 0 Å². The predicted octanol–water partition coefficient (Wildman–Crippen LogP) is 1.47. The molecule has 4 N–H and O–H groups in total. The van der Waals surface area contributed by atoms with Gasteiger partial charge in [-0.25, -0.2) is 29.6 Å². The summed E-state index contributed by atoms with van der Waals surface area (Å²) >= 11 is 0. The van der Waals surface area contributed by atoms with Gasteiger partial charge in [-0.2, -0.15) is 8.78 Å². The second-order valence-electron chi connectivity index (χ2n) is 6.16. The first-order valence-corrected chi connectivity index (χ1v) is 8.78. The highest BCUT2D eigenvalue weighted by atomic mass is 31.0. The van der Waals surface area contributed by atoms with Crippen molar-refractivity contribution in [2.45, 2.75) is 12.1 Å². The summed E-state index contributed by atoms with van der Waals surface area (Å²) in [6.07, 6.45) is 2.96. The number of rotatable bonds is 4. The SMILES string of the molecule is NC1=C(N(N)c2ncc(F)cn2)CCN(C(=O)c2ccnc(C(F)(F)P)c2F)C1. The number of hydrogen-bond acceptors (Lipinski definition) is 7. The Morgan fingerprint density at radius 2 is 1.90 bits per heavy atom. The monoisotopic (exact) mass is 429 g/mol. The Kier molecular flexibility index (Phi) is 5.67. The smallest absolute Gasteiger partial charge is 0.303 e. The summed E-state index contributed by atoms with van der Waals surface area (Å²) < 4.78 is 54.2. The molecule has 13 heteroatoms. The third kappa shape index (κ3) is 4.28. The van der Waals surface area contributed by atoms with E-state index in [9.17, 15) is 22.4 Å². The molecule has 1 aliphatic heterocycles. The quantitative estimate of drug-likeness (QED) is 0.327. The van der Waals surface area contributed by atoms with Gasteiger partial charge in [0.25, 0.3) is 5.91 Å². The minimum Gasteiger partial charge on any atom is -0.399 e. The molecule has 3 heterocycles. The lowest BCUT2D eigenvalue weighted by Crippen LogP contribution is -2.44. The topological polar surface area (TPSA) is 114 Å². The van der Waals surface area contributed by atoms with Crippen molar-refractivity contribution in [2.24, 2.45) is 11.6 Å². The molecule has 0 spiro atoms. The molecule has 154 valence electrons. The molecule has 29 heavy (non-hydrogen) atoms. The van der Waals surface area contributed by atoms with Crippen molar-refractivity contribution in [3.63, 3.8) is 0 Å². The van der Waals surface area contributed by atoms with Gasteiger partial charge in [0.2, 0.25) is 5.95 Å². The maximum Gasteiger partial charge on any atom is 0.303 e. The molecular weight excluding hydrogens is 413 g/mol. The van der Waals surface area contributed by atoms with Gasteiger partial charge in [0, 0.05) is 24.9 Å². The van der Waals surface area contributed by atoms with Gasteiger partial charge >= 0.3 is 5.66 Å². The Hall–Kier alpha value is -2.85. The van der Waals surface area contributed by atoms with Crippen LogP contribution in [0.1, 0.15) is 22.5 Å². The molecular formula is C16H16F4N7OP. The van der Waals surface area contributed by atoms with Crippen LogP contribution in [0.5, 0.6) is 0 Å². The highest BCUT2D eigenvalue weighted by Gasteiger charge is 2.34. The molecule has 0 saturated heterocycles. The van der Waals surface area contributed by atoms with Crippen molar-refractivity contribution in [3.8, 4) is 0 Å². The number of hydrazine groups is 1. The second kappa shape index (κ2) is 7.88. The van der Waals surface area contributed by atoms with E-state index in [1.165, 1.54) is 14.1 Å². The molecule has 8 nitrogen and oxygen atoms in total. The fraction of sp³-hybridized carbons (Fsp3) is 0.250. The summed E-state index contributed by atoms with van der Waals surface area (Å²) in [5.74, 6) is 3.07. The molecule has 0 bridgehead atoms. The fourth-order valence-electron chi connectivity index (χ4n) is 2.79. The molecule has 1 atom stereocenters. The molecule has 0 radical (unpaired) electrons. The van der Waals surface area contributed by atoms with Gasteiger partial charge in [0.05, 0.1) is 30.2 Å². The fourth-order valence-corrected chi connectivity index (χ4v) is 2.99. The van der Waals surface area contributed by atoms with Crippen molar-refractivity contribution in [3.05, 3.63) is 58.9 Å². The van der Waals surface area contributed by atoms with Crippen LogP contribution in [0.4, 0.5) is 23.5 Å². The third-order valence-electron chi connectivity index (χ3n) is 4.19. The van der Waals surface area contributed by atoms with E-state index in [-0.39, 0.29) is 31.2 Å². The maximum atomic E-state index is 14.4. The number of carbonyl (C=O) groups excluding carboxylic acids is 1. The number of hydrogen-bond donors (Lipinski definition) is 2. The normalized spacial score (nSPS) is 14.9. The van der Waals surface area contributed by atoms with Crippen LogP contribution in [-0.4, -0.2) is 38.8 Å². The number of amides is 1. The summed E-state index contributed by atoms with van der Waals surface area (Å²) in [4.78, 5) is 24.7. The zero-order valence-corrected chi connectivity index (χ0v) is 16.0. The van der Waals surface area contributed by atoms with E-state index < -0.39 is 34.5 Å².